The number of ether oxygens (including phenoxy) is 3. The van der Waals surface area contributed by atoms with Gasteiger partial charge in [-0.25, -0.2) is 0 Å². The normalized spacial score (nSPS) is 10.5. The van der Waals surface area contributed by atoms with E-state index in [1.807, 2.05) is 0 Å². The van der Waals surface area contributed by atoms with E-state index >= 15 is 0 Å². The summed E-state index contributed by atoms with van der Waals surface area (Å²) in [6.07, 6.45) is 4.90. The van der Waals surface area contributed by atoms with E-state index in [1.165, 1.54) is 27.4 Å². The molecule has 2 rings (SSSR count). The summed E-state index contributed by atoms with van der Waals surface area (Å²) in [6.45, 7) is 2.65. The molecule has 7 nitrogen and oxygen atoms in total. The van der Waals surface area contributed by atoms with Gasteiger partial charge in [-0.3, -0.25) is 9.59 Å². The molecule has 0 unspecified atom stereocenters. The van der Waals surface area contributed by atoms with Crippen LogP contribution in [-0.4, -0.2) is 39.7 Å². The Labute approximate surface area is 177 Å². The third-order valence-corrected chi connectivity index (χ3v) is 4.36. The molecule has 2 aromatic carbocycles. The van der Waals surface area contributed by atoms with Gasteiger partial charge in [-0.15, -0.1) is 0 Å². The van der Waals surface area contributed by atoms with Crippen LogP contribution in [0.15, 0.2) is 42.5 Å². The second-order valence-corrected chi connectivity index (χ2v) is 6.44. The third-order valence-electron chi connectivity index (χ3n) is 4.36. The zero-order valence-corrected chi connectivity index (χ0v) is 17.8. The minimum absolute atomic E-state index is 0.215. The first-order valence-electron chi connectivity index (χ1n) is 9.70. The number of carbonyl (C=O) groups is 2. The molecule has 0 aliphatic carbocycles. The monoisotopic (exact) mass is 412 g/mol. The fourth-order valence-electron chi connectivity index (χ4n) is 2.81. The molecule has 2 N–H and O–H groups in total. The summed E-state index contributed by atoms with van der Waals surface area (Å²) in [6, 6.07) is 10.4. The lowest BCUT2D eigenvalue weighted by atomic mass is 10.1. The highest BCUT2D eigenvalue weighted by Gasteiger charge is 2.13. The zero-order valence-electron chi connectivity index (χ0n) is 17.8. The lowest BCUT2D eigenvalue weighted by Crippen LogP contribution is -2.25. The summed E-state index contributed by atoms with van der Waals surface area (Å²) in [7, 11) is 4.58. The van der Waals surface area contributed by atoms with Crippen molar-refractivity contribution < 1.29 is 23.8 Å². The largest absolute Gasteiger partial charge is 0.493 e. The summed E-state index contributed by atoms with van der Waals surface area (Å²) < 4.78 is 15.9. The van der Waals surface area contributed by atoms with Crippen LogP contribution < -0.4 is 24.8 Å². The summed E-state index contributed by atoms with van der Waals surface area (Å²) in [4.78, 5) is 24.8. The van der Waals surface area contributed by atoms with Crippen molar-refractivity contribution in [2.24, 2.45) is 0 Å². The molecule has 0 heterocycles. The maximum Gasteiger partial charge on any atom is 0.253 e. The van der Waals surface area contributed by atoms with Crippen LogP contribution in [0.3, 0.4) is 0 Å². The molecule has 160 valence electrons. The first-order chi connectivity index (χ1) is 14.5. The molecule has 0 bridgehead atoms. The number of hydrogen-bond acceptors (Lipinski definition) is 5. The number of benzene rings is 2. The van der Waals surface area contributed by atoms with Crippen LogP contribution in [-0.2, 0) is 4.79 Å². The van der Waals surface area contributed by atoms with Crippen molar-refractivity contribution >= 4 is 23.6 Å². The van der Waals surface area contributed by atoms with Gasteiger partial charge in [-0.05, 0) is 42.3 Å². The van der Waals surface area contributed by atoms with Crippen LogP contribution in [0.4, 0.5) is 5.69 Å². The maximum absolute atomic E-state index is 12.4. The number of amides is 2. The number of methoxy groups -OCH3 is 3. The van der Waals surface area contributed by atoms with E-state index in [0.717, 1.165) is 12.8 Å². The number of anilines is 1. The minimum atomic E-state index is -0.363. The standard InChI is InChI=1S/C23H28N2O5/c1-5-6-13-24-23(27)17-9-7-8-10-18(17)25-21(26)12-11-16-14-19(28-2)22(30-4)20(15-16)29-3/h7-12,14-15H,5-6,13H2,1-4H3,(H,24,27)(H,25,26)/b12-11+. The van der Waals surface area contributed by atoms with Crippen LogP contribution in [0, 0.1) is 0 Å². The summed E-state index contributed by atoms with van der Waals surface area (Å²) in [5.74, 6) is 0.882. The quantitative estimate of drug-likeness (QED) is 0.457. The number of hydrogen-bond donors (Lipinski definition) is 2. The fraction of sp³-hybridized carbons (Fsp3) is 0.304. The van der Waals surface area contributed by atoms with Crippen LogP contribution in [0.2, 0.25) is 0 Å². The number of carbonyl (C=O) groups excluding carboxylic acids is 2. The highest BCUT2D eigenvalue weighted by molar-refractivity contribution is 6.07. The lowest BCUT2D eigenvalue weighted by molar-refractivity contribution is -0.111. The molecule has 30 heavy (non-hydrogen) atoms. The van der Waals surface area contributed by atoms with Gasteiger partial charge in [-0.2, -0.15) is 0 Å². The molecule has 0 atom stereocenters. The Morgan fingerprint density at radius 1 is 1.00 bits per heavy atom. The molecule has 0 radical (unpaired) electrons. The highest BCUT2D eigenvalue weighted by atomic mass is 16.5. The van der Waals surface area contributed by atoms with Gasteiger partial charge in [0.05, 0.1) is 32.6 Å². The Morgan fingerprint density at radius 2 is 1.67 bits per heavy atom. The summed E-state index contributed by atoms with van der Waals surface area (Å²) in [5.41, 5.74) is 1.57. The average Bonchev–Trinajstić information content (AvgIpc) is 2.77. The molecule has 0 spiro atoms. The van der Waals surface area contributed by atoms with Crippen LogP contribution in [0.1, 0.15) is 35.7 Å². The van der Waals surface area contributed by atoms with Crippen LogP contribution >= 0.6 is 0 Å². The van der Waals surface area contributed by atoms with Crippen molar-refractivity contribution in [3.63, 3.8) is 0 Å². The first kappa shape index (κ1) is 22.8. The number of unbranched alkanes of at least 4 members (excludes halogenated alkanes) is 1. The molecule has 0 saturated heterocycles. The van der Waals surface area contributed by atoms with Gasteiger partial charge in [0.1, 0.15) is 0 Å². The van der Waals surface area contributed by atoms with E-state index in [0.29, 0.717) is 40.6 Å². The van der Waals surface area contributed by atoms with E-state index < -0.39 is 0 Å². The van der Waals surface area contributed by atoms with Gasteiger partial charge < -0.3 is 24.8 Å². The predicted octanol–water partition coefficient (Wildman–Crippen LogP) is 3.89. The molecule has 0 aliphatic heterocycles. The van der Waals surface area contributed by atoms with Crippen molar-refractivity contribution in [2.75, 3.05) is 33.2 Å². The van der Waals surface area contributed by atoms with E-state index in [4.69, 9.17) is 14.2 Å². The SMILES string of the molecule is CCCCNC(=O)c1ccccc1NC(=O)/C=C/c1cc(OC)c(OC)c(OC)c1. The zero-order chi connectivity index (χ0) is 21.9. The highest BCUT2D eigenvalue weighted by Crippen LogP contribution is 2.38. The van der Waals surface area contributed by atoms with Gasteiger partial charge >= 0.3 is 0 Å². The average molecular weight is 412 g/mol. The Balaban J connectivity index is 2.15. The second kappa shape index (κ2) is 11.5. The van der Waals surface area contributed by atoms with Gasteiger partial charge in [0.25, 0.3) is 5.91 Å². The maximum atomic E-state index is 12.4. The summed E-state index contributed by atoms with van der Waals surface area (Å²) >= 11 is 0. The van der Waals surface area contributed by atoms with Crippen molar-refractivity contribution in [3.05, 3.63) is 53.6 Å². The molecular weight excluding hydrogens is 384 g/mol. The summed E-state index contributed by atoms with van der Waals surface area (Å²) in [5, 5.41) is 5.62. The van der Waals surface area contributed by atoms with E-state index in [-0.39, 0.29) is 11.8 Å². The van der Waals surface area contributed by atoms with Gasteiger partial charge in [0.2, 0.25) is 11.7 Å². The molecule has 0 aromatic heterocycles. The minimum Gasteiger partial charge on any atom is -0.493 e. The van der Waals surface area contributed by atoms with E-state index in [9.17, 15) is 9.59 Å². The van der Waals surface area contributed by atoms with Crippen molar-refractivity contribution in [1.29, 1.82) is 0 Å². The third kappa shape index (κ3) is 6.01. The number of para-hydroxylation sites is 1. The van der Waals surface area contributed by atoms with E-state index in [1.54, 1.807) is 42.5 Å². The molecule has 0 saturated carbocycles. The molecule has 2 amide bonds. The van der Waals surface area contributed by atoms with Crippen molar-refractivity contribution in [3.8, 4) is 17.2 Å². The van der Waals surface area contributed by atoms with Crippen molar-refractivity contribution in [2.45, 2.75) is 19.8 Å². The number of nitrogens with one attached hydrogen (secondary N) is 2. The van der Waals surface area contributed by atoms with Crippen LogP contribution in [0.25, 0.3) is 6.08 Å². The predicted molar refractivity (Wildman–Crippen MR) is 117 cm³/mol. The molecule has 2 aromatic rings. The molecule has 7 heteroatoms. The second-order valence-electron chi connectivity index (χ2n) is 6.44. The van der Waals surface area contributed by atoms with Gasteiger partial charge in [0.15, 0.2) is 11.5 Å². The molecular formula is C23H28N2O5. The molecule has 0 fully saturated rings. The topological polar surface area (TPSA) is 85.9 Å². The Bertz CT molecular complexity index is 883. The fourth-order valence-corrected chi connectivity index (χ4v) is 2.81. The van der Waals surface area contributed by atoms with Crippen LogP contribution in [0.5, 0.6) is 17.2 Å². The smallest absolute Gasteiger partial charge is 0.253 e. The molecule has 0 aliphatic rings. The van der Waals surface area contributed by atoms with E-state index in [2.05, 4.69) is 17.6 Å². The Kier molecular flexibility index (Phi) is 8.75. The first-order valence-corrected chi connectivity index (χ1v) is 9.70. The van der Waals surface area contributed by atoms with Gasteiger partial charge in [0, 0.05) is 12.6 Å². The number of rotatable bonds is 10. The van der Waals surface area contributed by atoms with Crippen molar-refractivity contribution in [1.82, 2.24) is 5.32 Å². The van der Waals surface area contributed by atoms with Gasteiger partial charge in [-0.1, -0.05) is 25.5 Å². The Morgan fingerprint density at radius 3 is 2.27 bits per heavy atom. The lowest BCUT2D eigenvalue weighted by Gasteiger charge is -2.13. The Hall–Kier alpha value is -3.48.